The van der Waals surface area contributed by atoms with Crippen LogP contribution >= 0.6 is 23.2 Å². The number of ketones is 1. The largest absolute Gasteiger partial charge is 0.506 e. The van der Waals surface area contributed by atoms with E-state index >= 15 is 0 Å². The van der Waals surface area contributed by atoms with Gasteiger partial charge in [-0.15, -0.1) is 0 Å². The summed E-state index contributed by atoms with van der Waals surface area (Å²) in [7, 11) is 0. The number of hydrogen-bond donors (Lipinski definition) is 1. The van der Waals surface area contributed by atoms with Crippen molar-refractivity contribution in [2.24, 2.45) is 0 Å². The molecule has 0 aliphatic rings. The Morgan fingerprint density at radius 2 is 1.91 bits per heavy atom. The van der Waals surface area contributed by atoms with Crippen LogP contribution in [0.25, 0.3) is 0 Å². The maximum Gasteiger partial charge on any atom is 0.159 e. The fraction of sp³-hybridized carbons (Fsp3) is 0.235. The van der Waals surface area contributed by atoms with Gasteiger partial charge in [0.05, 0.1) is 10.0 Å². The quantitative estimate of drug-likeness (QED) is 0.558. The van der Waals surface area contributed by atoms with E-state index in [0.29, 0.717) is 16.9 Å². The normalized spacial score (nSPS) is 10.3. The molecule has 0 saturated heterocycles. The van der Waals surface area contributed by atoms with Crippen molar-refractivity contribution in [3.63, 3.8) is 0 Å². The van der Waals surface area contributed by atoms with Gasteiger partial charge >= 0.3 is 0 Å². The summed E-state index contributed by atoms with van der Waals surface area (Å²) in [6.45, 7) is 12.8. The third-order valence-corrected chi connectivity index (χ3v) is 3.11. The second-order valence-electron chi connectivity index (χ2n) is 3.99. The Morgan fingerprint density at radius 1 is 1.32 bits per heavy atom. The lowest BCUT2D eigenvalue weighted by Gasteiger charge is -2.12. The first-order valence-electron chi connectivity index (χ1n) is 6.69. The van der Waals surface area contributed by atoms with Gasteiger partial charge < -0.3 is 9.84 Å². The van der Waals surface area contributed by atoms with Gasteiger partial charge in [-0.25, -0.2) is 0 Å². The van der Waals surface area contributed by atoms with E-state index in [2.05, 4.69) is 13.2 Å². The molecule has 0 heterocycles. The highest BCUT2D eigenvalue weighted by atomic mass is 35.5. The van der Waals surface area contributed by atoms with Crippen LogP contribution in [0.2, 0.25) is 10.0 Å². The van der Waals surface area contributed by atoms with Gasteiger partial charge in [0.15, 0.2) is 5.78 Å². The van der Waals surface area contributed by atoms with Gasteiger partial charge in [0.25, 0.3) is 0 Å². The first-order chi connectivity index (χ1) is 10.4. The number of carbonyl (C=O) groups is 1. The highest BCUT2D eigenvalue weighted by Crippen LogP contribution is 2.35. The molecule has 0 aromatic heterocycles. The second kappa shape index (κ2) is 10.1. The number of hydrogen-bond acceptors (Lipinski definition) is 3. The molecule has 0 bridgehead atoms. The summed E-state index contributed by atoms with van der Waals surface area (Å²) in [5, 5.41) is 9.74. The minimum Gasteiger partial charge on any atom is -0.506 e. The Kier molecular flexibility index (Phi) is 9.31. The third-order valence-electron chi connectivity index (χ3n) is 2.52. The van der Waals surface area contributed by atoms with Crippen molar-refractivity contribution in [1.29, 1.82) is 0 Å². The minimum absolute atomic E-state index is 0.0885. The van der Waals surface area contributed by atoms with Crippen LogP contribution < -0.4 is 4.74 Å². The molecular weight excluding hydrogens is 323 g/mol. The van der Waals surface area contributed by atoms with Gasteiger partial charge in [-0.2, -0.15) is 0 Å². The zero-order chi connectivity index (χ0) is 17.3. The topological polar surface area (TPSA) is 46.5 Å². The lowest BCUT2D eigenvalue weighted by Crippen LogP contribution is -2.08. The zero-order valence-electron chi connectivity index (χ0n) is 13.0. The number of rotatable bonds is 6. The molecule has 0 atom stereocenters. The number of Topliss-reactive ketones (excluding diaryl/α,β-unsaturated/α-hetero) is 1. The third kappa shape index (κ3) is 5.96. The molecule has 22 heavy (non-hydrogen) atoms. The number of halogens is 2. The summed E-state index contributed by atoms with van der Waals surface area (Å²) in [6, 6.07) is 2.69. The average Bonchev–Trinajstić information content (AvgIpc) is 2.49. The molecule has 0 aliphatic carbocycles. The van der Waals surface area contributed by atoms with E-state index in [-0.39, 0.29) is 28.2 Å². The Labute approximate surface area is 141 Å². The van der Waals surface area contributed by atoms with Gasteiger partial charge in [0.1, 0.15) is 18.1 Å². The Hall–Kier alpha value is -1.71. The van der Waals surface area contributed by atoms with Gasteiger partial charge in [0.2, 0.25) is 0 Å². The molecule has 0 saturated carbocycles. The van der Waals surface area contributed by atoms with Crippen molar-refractivity contribution in [2.75, 3.05) is 6.61 Å². The van der Waals surface area contributed by atoms with E-state index in [1.165, 1.54) is 25.1 Å². The van der Waals surface area contributed by atoms with E-state index in [0.717, 1.165) is 0 Å². The molecule has 0 fully saturated rings. The summed E-state index contributed by atoms with van der Waals surface area (Å²) in [5.74, 6) is 0.0244. The van der Waals surface area contributed by atoms with Crippen molar-refractivity contribution < 1.29 is 14.6 Å². The van der Waals surface area contributed by atoms with Gasteiger partial charge in [-0.1, -0.05) is 62.4 Å². The van der Waals surface area contributed by atoms with E-state index in [4.69, 9.17) is 27.9 Å². The molecule has 0 unspecified atom stereocenters. The van der Waals surface area contributed by atoms with Gasteiger partial charge in [-0.05, 0) is 12.5 Å². The molecule has 1 N–H and O–H groups in total. The fourth-order valence-corrected chi connectivity index (χ4v) is 1.75. The highest BCUT2D eigenvalue weighted by molar-refractivity contribution is 6.35. The molecule has 3 nitrogen and oxygen atoms in total. The number of phenols is 1. The van der Waals surface area contributed by atoms with Crippen molar-refractivity contribution in [3.05, 3.63) is 58.6 Å². The molecule has 1 aromatic rings. The summed E-state index contributed by atoms with van der Waals surface area (Å²) in [4.78, 5) is 11.3. The molecule has 0 spiro atoms. The number of allylic oxidation sites excluding steroid dienone is 2. The maximum absolute atomic E-state index is 11.3. The molecule has 1 aromatic carbocycles. The van der Waals surface area contributed by atoms with Crippen molar-refractivity contribution in [3.8, 4) is 11.5 Å². The molecule has 0 radical (unpaired) electrons. The predicted molar refractivity (Wildman–Crippen MR) is 93.1 cm³/mol. The van der Waals surface area contributed by atoms with Crippen molar-refractivity contribution >= 4 is 29.0 Å². The van der Waals surface area contributed by atoms with E-state index in [1.54, 1.807) is 6.08 Å². The molecule has 0 aliphatic heterocycles. The fourth-order valence-electron chi connectivity index (χ4n) is 1.39. The average molecular weight is 343 g/mol. The first-order valence-corrected chi connectivity index (χ1v) is 7.45. The van der Waals surface area contributed by atoms with Crippen LogP contribution in [0.15, 0.2) is 48.6 Å². The predicted octanol–water partition coefficient (Wildman–Crippen LogP) is 5.36. The van der Waals surface area contributed by atoms with Crippen molar-refractivity contribution in [2.45, 2.75) is 20.8 Å². The Morgan fingerprint density at radius 3 is 2.41 bits per heavy atom. The second-order valence-corrected chi connectivity index (χ2v) is 4.80. The van der Waals surface area contributed by atoms with Crippen LogP contribution in [0.4, 0.5) is 0 Å². The number of benzene rings is 1. The monoisotopic (exact) mass is 342 g/mol. The summed E-state index contributed by atoms with van der Waals surface area (Å²) in [5.41, 5.74) is 0.929. The van der Waals surface area contributed by atoms with Crippen LogP contribution in [0.3, 0.4) is 0 Å². The number of ether oxygens (including phenoxy) is 1. The molecule has 120 valence electrons. The van der Waals surface area contributed by atoms with E-state index in [1.807, 2.05) is 13.8 Å². The van der Waals surface area contributed by atoms with Crippen LogP contribution in [0.5, 0.6) is 11.5 Å². The lowest BCUT2D eigenvalue weighted by molar-refractivity contribution is -0.113. The van der Waals surface area contributed by atoms with E-state index in [9.17, 15) is 9.90 Å². The number of aromatic hydroxyl groups is 1. The van der Waals surface area contributed by atoms with Gasteiger partial charge in [-0.3, -0.25) is 4.79 Å². The Balaban J connectivity index is 0.00000211. The van der Waals surface area contributed by atoms with Crippen LogP contribution in [-0.2, 0) is 4.79 Å². The SMILES string of the molecule is C=C/C=C(/COc1cc(Cl)c(O)cc1Cl)C(=C)C(C)=O.CC. The highest BCUT2D eigenvalue weighted by Gasteiger charge is 2.11. The molecular formula is C17H20Cl2O3. The van der Waals surface area contributed by atoms with E-state index < -0.39 is 0 Å². The summed E-state index contributed by atoms with van der Waals surface area (Å²) < 4.78 is 5.50. The minimum atomic E-state index is -0.156. The first kappa shape index (κ1) is 20.3. The maximum atomic E-state index is 11.3. The summed E-state index contributed by atoms with van der Waals surface area (Å²) in [6.07, 6.45) is 3.18. The van der Waals surface area contributed by atoms with Crippen LogP contribution in [0.1, 0.15) is 20.8 Å². The lowest BCUT2D eigenvalue weighted by atomic mass is 10.1. The standard InChI is InChI=1S/C15H14Cl2O3.C2H6/c1-4-5-11(9(2)10(3)18)8-20-15-7-12(16)14(19)6-13(15)17;1-2/h4-7,19H,1-2,8H2,3H3;1-2H3/b11-5-;. The Bertz CT molecular complexity index is 590. The molecule has 5 heteroatoms. The number of carbonyl (C=O) groups excluding carboxylic acids is 1. The number of phenolic OH excluding ortho intramolecular Hbond substituents is 1. The smallest absolute Gasteiger partial charge is 0.159 e. The summed E-state index contributed by atoms with van der Waals surface area (Å²) >= 11 is 11.7. The zero-order valence-corrected chi connectivity index (χ0v) is 14.5. The van der Waals surface area contributed by atoms with Crippen LogP contribution in [-0.4, -0.2) is 17.5 Å². The van der Waals surface area contributed by atoms with Crippen LogP contribution in [0, 0.1) is 0 Å². The van der Waals surface area contributed by atoms with Crippen molar-refractivity contribution in [1.82, 2.24) is 0 Å². The van der Waals surface area contributed by atoms with Gasteiger partial charge in [0, 0.05) is 17.7 Å². The molecule has 1 rings (SSSR count). The molecule has 0 amide bonds.